The Kier molecular flexibility index (Phi) is 7.83. The SMILES string of the molecule is CCOc1ccccc1N1CCN(CCCCn2c(=O)c3c(C)nc(CC)n3c3nc(OC)ccc32)CC1. The van der Waals surface area contributed by atoms with Crippen molar-refractivity contribution in [2.45, 2.75) is 46.6 Å². The van der Waals surface area contributed by atoms with E-state index in [1.165, 1.54) is 5.69 Å². The molecule has 1 aliphatic rings. The number of imidazole rings is 1. The number of aromatic nitrogens is 4. The van der Waals surface area contributed by atoms with Crippen LogP contribution < -0.4 is 19.9 Å². The van der Waals surface area contributed by atoms with Gasteiger partial charge in [0.15, 0.2) is 5.65 Å². The van der Waals surface area contributed by atoms with E-state index in [9.17, 15) is 4.79 Å². The molecule has 9 nitrogen and oxygen atoms in total. The van der Waals surface area contributed by atoms with E-state index in [0.29, 0.717) is 24.5 Å². The Labute approximate surface area is 223 Å². The molecular formula is C29H38N6O3. The van der Waals surface area contributed by atoms with Crippen molar-refractivity contribution in [2.24, 2.45) is 0 Å². The lowest BCUT2D eigenvalue weighted by Gasteiger charge is -2.36. The van der Waals surface area contributed by atoms with Gasteiger partial charge in [0, 0.05) is 45.2 Å². The fourth-order valence-corrected chi connectivity index (χ4v) is 5.49. The van der Waals surface area contributed by atoms with Crippen LogP contribution in [-0.4, -0.2) is 70.3 Å². The van der Waals surface area contributed by atoms with Crippen LogP contribution in [0.5, 0.6) is 11.6 Å². The lowest BCUT2D eigenvalue weighted by molar-refractivity contribution is 0.250. The molecule has 0 radical (unpaired) electrons. The first-order valence-corrected chi connectivity index (χ1v) is 13.7. The normalized spacial score (nSPS) is 14.5. The lowest BCUT2D eigenvalue weighted by atomic mass is 10.2. The van der Waals surface area contributed by atoms with E-state index in [2.05, 4.69) is 26.9 Å². The summed E-state index contributed by atoms with van der Waals surface area (Å²) in [7, 11) is 1.61. The topological polar surface area (TPSA) is 77.1 Å². The third kappa shape index (κ3) is 4.95. The third-order valence-corrected chi connectivity index (χ3v) is 7.41. The van der Waals surface area contributed by atoms with Crippen molar-refractivity contribution in [1.29, 1.82) is 0 Å². The first-order valence-electron chi connectivity index (χ1n) is 13.7. The van der Waals surface area contributed by atoms with Crippen LogP contribution in [0.1, 0.15) is 38.2 Å². The van der Waals surface area contributed by atoms with Crippen molar-refractivity contribution in [3.05, 3.63) is 58.3 Å². The number of hydrogen-bond donors (Lipinski definition) is 0. The highest BCUT2D eigenvalue weighted by atomic mass is 16.5. The summed E-state index contributed by atoms with van der Waals surface area (Å²) in [5.41, 5.74) is 4.07. The molecule has 5 rings (SSSR count). The molecule has 9 heteroatoms. The van der Waals surface area contributed by atoms with Crippen LogP contribution in [0.25, 0.3) is 16.7 Å². The van der Waals surface area contributed by atoms with Gasteiger partial charge in [-0.1, -0.05) is 19.1 Å². The molecule has 0 saturated carbocycles. The number of methoxy groups -OCH3 is 1. The fraction of sp³-hybridized carbons (Fsp3) is 0.483. The van der Waals surface area contributed by atoms with Gasteiger partial charge < -0.3 is 18.9 Å². The number of aryl methyl sites for hydroxylation is 3. The number of benzene rings is 1. The van der Waals surface area contributed by atoms with E-state index in [0.717, 1.165) is 80.4 Å². The number of pyridine rings is 1. The van der Waals surface area contributed by atoms with Crippen molar-refractivity contribution in [3.8, 4) is 11.6 Å². The average molecular weight is 519 g/mol. The first-order chi connectivity index (χ1) is 18.5. The Morgan fingerprint density at radius 3 is 2.45 bits per heavy atom. The van der Waals surface area contributed by atoms with Gasteiger partial charge in [0.1, 0.15) is 17.1 Å². The first kappa shape index (κ1) is 26.0. The zero-order valence-corrected chi connectivity index (χ0v) is 22.9. The molecule has 1 aromatic carbocycles. The molecule has 1 fully saturated rings. The second-order valence-corrected chi connectivity index (χ2v) is 9.74. The minimum absolute atomic E-state index is 0.00394. The quantitative estimate of drug-likeness (QED) is 0.295. The Morgan fingerprint density at radius 1 is 0.947 bits per heavy atom. The van der Waals surface area contributed by atoms with Crippen LogP contribution in [0.4, 0.5) is 5.69 Å². The van der Waals surface area contributed by atoms with Crippen molar-refractivity contribution in [1.82, 2.24) is 23.8 Å². The highest BCUT2D eigenvalue weighted by molar-refractivity contribution is 5.77. The monoisotopic (exact) mass is 518 g/mol. The van der Waals surface area contributed by atoms with Gasteiger partial charge in [-0.25, -0.2) is 4.98 Å². The largest absolute Gasteiger partial charge is 0.492 e. The molecule has 1 aliphatic heterocycles. The number of fused-ring (bicyclic) bond motifs is 3. The van der Waals surface area contributed by atoms with Crippen LogP contribution in [0, 0.1) is 6.92 Å². The van der Waals surface area contributed by atoms with Gasteiger partial charge in [-0.3, -0.25) is 14.1 Å². The van der Waals surface area contributed by atoms with Gasteiger partial charge in [0.05, 0.1) is 30.6 Å². The van der Waals surface area contributed by atoms with Gasteiger partial charge in [0.2, 0.25) is 5.88 Å². The predicted octanol–water partition coefficient (Wildman–Crippen LogP) is 3.92. The van der Waals surface area contributed by atoms with Crippen LogP contribution in [0.3, 0.4) is 0 Å². The van der Waals surface area contributed by atoms with E-state index < -0.39 is 0 Å². The molecule has 0 atom stereocenters. The standard InChI is InChI=1S/C29H38N6O3/c1-5-25-30-21(3)27-29(36)34(23-13-14-26(37-4)31-28(23)35(25)27)16-10-9-15-32-17-19-33(20-18-32)22-11-7-8-12-24(22)38-6-2/h7-8,11-14H,5-6,9-10,15-20H2,1-4H3. The highest BCUT2D eigenvalue weighted by Crippen LogP contribution is 2.29. The van der Waals surface area contributed by atoms with Gasteiger partial charge in [-0.15, -0.1) is 0 Å². The summed E-state index contributed by atoms with van der Waals surface area (Å²) in [5.74, 6) is 2.33. The molecule has 0 unspecified atom stereocenters. The summed E-state index contributed by atoms with van der Waals surface area (Å²) in [6.07, 6.45) is 2.66. The number of unbranched alkanes of at least 4 members (excludes halogenated alkanes) is 1. The van der Waals surface area contributed by atoms with E-state index in [4.69, 9.17) is 14.5 Å². The number of nitrogens with zero attached hydrogens (tertiary/aromatic N) is 6. The Balaban J connectivity index is 1.26. The summed E-state index contributed by atoms with van der Waals surface area (Å²) < 4.78 is 15.0. The minimum atomic E-state index is -0.00394. The molecule has 3 aromatic heterocycles. The summed E-state index contributed by atoms with van der Waals surface area (Å²) in [6.45, 7) is 12.3. The second kappa shape index (κ2) is 11.4. The molecule has 4 heterocycles. The van der Waals surface area contributed by atoms with Crippen molar-refractivity contribution >= 4 is 22.4 Å². The van der Waals surface area contributed by atoms with Crippen LogP contribution >= 0.6 is 0 Å². The summed E-state index contributed by atoms with van der Waals surface area (Å²) in [4.78, 5) is 27.9. The molecular weight excluding hydrogens is 480 g/mol. The number of rotatable bonds is 10. The summed E-state index contributed by atoms with van der Waals surface area (Å²) >= 11 is 0. The van der Waals surface area contributed by atoms with Gasteiger partial charge in [-0.05, 0) is 51.4 Å². The molecule has 0 amide bonds. The number of anilines is 1. The Hall–Kier alpha value is -3.59. The molecule has 202 valence electrons. The van der Waals surface area contributed by atoms with Gasteiger partial charge in [-0.2, -0.15) is 4.98 Å². The third-order valence-electron chi connectivity index (χ3n) is 7.41. The van der Waals surface area contributed by atoms with E-state index in [-0.39, 0.29) is 5.56 Å². The predicted molar refractivity (Wildman–Crippen MR) is 151 cm³/mol. The minimum Gasteiger partial charge on any atom is -0.492 e. The molecule has 0 spiro atoms. The second-order valence-electron chi connectivity index (χ2n) is 9.74. The number of para-hydroxylation sites is 2. The van der Waals surface area contributed by atoms with Crippen LogP contribution in [0.2, 0.25) is 0 Å². The Morgan fingerprint density at radius 2 is 1.71 bits per heavy atom. The highest BCUT2D eigenvalue weighted by Gasteiger charge is 2.21. The van der Waals surface area contributed by atoms with Crippen LogP contribution in [0.15, 0.2) is 41.2 Å². The number of ether oxygens (including phenoxy) is 2. The maximum absolute atomic E-state index is 13.6. The average Bonchev–Trinajstić information content (AvgIpc) is 3.30. The maximum atomic E-state index is 13.6. The smallest absolute Gasteiger partial charge is 0.277 e. The van der Waals surface area contributed by atoms with Crippen molar-refractivity contribution < 1.29 is 9.47 Å². The molecule has 38 heavy (non-hydrogen) atoms. The molecule has 0 aliphatic carbocycles. The lowest BCUT2D eigenvalue weighted by Crippen LogP contribution is -2.46. The van der Waals surface area contributed by atoms with Crippen molar-refractivity contribution in [2.75, 3.05) is 51.3 Å². The molecule has 4 aromatic rings. The van der Waals surface area contributed by atoms with Crippen LogP contribution in [-0.2, 0) is 13.0 Å². The zero-order chi connectivity index (χ0) is 26.6. The summed E-state index contributed by atoms with van der Waals surface area (Å²) in [5, 5.41) is 0. The molecule has 0 N–H and O–H groups in total. The van der Waals surface area contributed by atoms with E-state index in [1.54, 1.807) is 7.11 Å². The van der Waals surface area contributed by atoms with Gasteiger partial charge in [0.25, 0.3) is 5.56 Å². The van der Waals surface area contributed by atoms with E-state index >= 15 is 0 Å². The maximum Gasteiger partial charge on any atom is 0.277 e. The number of hydrogen-bond acceptors (Lipinski definition) is 7. The number of piperazine rings is 1. The van der Waals surface area contributed by atoms with Gasteiger partial charge >= 0.3 is 0 Å². The fourth-order valence-electron chi connectivity index (χ4n) is 5.49. The molecule has 0 bridgehead atoms. The zero-order valence-electron chi connectivity index (χ0n) is 22.9. The van der Waals surface area contributed by atoms with E-state index in [1.807, 2.05) is 54.0 Å². The van der Waals surface area contributed by atoms with Crippen molar-refractivity contribution in [3.63, 3.8) is 0 Å². The summed E-state index contributed by atoms with van der Waals surface area (Å²) in [6, 6.07) is 12.1. The Bertz CT molecular complexity index is 1470. The molecule has 1 saturated heterocycles.